The number of pyridine rings is 2. The van der Waals surface area contributed by atoms with Crippen LogP contribution in [0.1, 0.15) is 28.4 Å². The number of aromatic nitrogens is 2. The van der Waals surface area contributed by atoms with Crippen LogP contribution in [0.15, 0.2) is 36.8 Å². The second-order valence-electron chi connectivity index (χ2n) is 5.68. The summed E-state index contributed by atoms with van der Waals surface area (Å²) in [5.41, 5.74) is 4.85. The van der Waals surface area contributed by atoms with E-state index in [9.17, 15) is 0 Å². The van der Waals surface area contributed by atoms with Gasteiger partial charge in [-0.1, -0.05) is 6.07 Å². The number of nitrogens with one attached hydrogen (secondary N) is 1. The summed E-state index contributed by atoms with van der Waals surface area (Å²) in [7, 11) is 0. The maximum Gasteiger partial charge on any atom is 0.0780 e. The second kappa shape index (κ2) is 6.33. The van der Waals surface area contributed by atoms with Crippen LogP contribution in [-0.2, 0) is 0 Å². The van der Waals surface area contributed by atoms with Crippen LogP contribution in [-0.4, -0.2) is 41.0 Å². The van der Waals surface area contributed by atoms with E-state index in [1.165, 1.54) is 16.7 Å². The largest absolute Gasteiger partial charge is 0.314 e. The Morgan fingerprint density at radius 3 is 2.57 bits per heavy atom. The van der Waals surface area contributed by atoms with Gasteiger partial charge in [0.2, 0.25) is 0 Å². The molecule has 3 heterocycles. The van der Waals surface area contributed by atoms with Crippen LogP contribution in [0, 0.1) is 13.8 Å². The molecule has 0 bridgehead atoms. The zero-order valence-corrected chi connectivity index (χ0v) is 12.7. The van der Waals surface area contributed by atoms with E-state index in [1.54, 1.807) is 0 Å². The topological polar surface area (TPSA) is 41.1 Å². The highest BCUT2D eigenvalue weighted by molar-refractivity contribution is 5.33. The van der Waals surface area contributed by atoms with E-state index >= 15 is 0 Å². The van der Waals surface area contributed by atoms with Crippen molar-refractivity contribution >= 4 is 0 Å². The molecule has 1 unspecified atom stereocenters. The van der Waals surface area contributed by atoms with Gasteiger partial charge in [-0.25, -0.2) is 0 Å². The van der Waals surface area contributed by atoms with Crippen molar-refractivity contribution in [3.05, 3.63) is 59.2 Å². The first-order valence-electron chi connectivity index (χ1n) is 7.53. The average Bonchev–Trinajstić information content (AvgIpc) is 2.52. The Bertz CT molecular complexity index is 588. The molecule has 0 amide bonds. The molecule has 1 atom stereocenters. The lowest BCUT2D eigenvalue weighted by Crippen LogP contribution is -2.45. The second-order valence-corrected chi connectivity index (χ2v) is 5.68. The van der Waals surface area contributed by atoms with E-state index < -0.39 is 0 Å². The Hall–Kier alpha value is -1.78. The SMILES string of the molecule is Cc1ccc(C(c2ccncc2C)N2CCNCC2)nc1. The third kappa shape index (κ3) is 3.12. The van der Waals surface area contributed by atoms with Crippen molar-refractivity contribution in [3.63, 3.8) is 0 Å². The Morgan fingerprint density at radius 2 is 1.90 bits per heavy atom. The van der Waals surface area contributed by atoms with Gasteiger partial charge < -0.3 is 5.32 Å². The molecule has 0 saturated carbocycles. The molecular formula is C17H22N4. The molecule has 2 aromatic heterocycles. The summed E-state index contributed by atoms with van der Waals surface area (Å²) in [6.07, 6.45) is 5.78. The normalized spacial score (nSPS) is 17.6. The maximum absolute atomic E-state index is 4.69. The molecule has 0 aromatic carbocycles. The Labute approximate surface area is 126 Å². The minimum Gasteiger partial charge on any atom is -0.314 e. The summed E-state index contributed by atoms with van der Waals surface area (Å²) >= 11 is 0. The number of hydrogen-bond acceptors (Lipinski definition) is 4. The van der Waals surface area contributed by atoms with E-state index in [1.807, 2.05) is 18.6 Å². The number of hydrogen-bond donors (Lipinski definition) is 1. The van der Waals surface area contributed by atoms with Crippen LogP contribution in [0.25, 0.3) is 0 Å². The van der Waals surface area contributed by atoms with Gasteiger partial charge in [-0.05, 0) is 42.7 Å². The number of piperazine rings is 1. The van der Waals surface area contributed by atoms with Crippen LogP contribution >= 0.6 is 0 Å². The first kappa shape index (κ1) is 14.2. The van der Waals surface area contributed by atoms with Crippen molar-refractivity contribution in [1.29, 1.82) is 0 Å². The van der Waals surface area contributed by atoms with Crippen LogP contribution in [0.2, 0.25) is 0 Å². The summed E-state index contributed by atoms with van der Waals surface area (Å²) in [5, 5.41) is 3.42. The average molecular weight is 282 g/mol. The molecule has 1 fully saturated rings. The fourth-order valence-electron chi connectivity index (χ4n) is 2.92. The third-order valence-electron chi connectivity index (χ3n) is 4.09. The molecule has 1 aliphatic heterocycles. The molecule has 0 aliphatic carbocycles. The zero-order chi connectivity index (χ0) is 14.7. The predicted octanol–water partition coefficient (Wildman–Crippen LogP) is 2.09. The van der Waals surface area contributed by atoms with Gasteiger partial charge in [0.15, 0.2) is 0 Å². The zero-order valence-electron chi connectivity index (χ0n) is 12.7. The van der Waals surface area contributed by atoms with E-state index in [4.69, 9.17) is 0 Å². The lowest BCUT2D eigenvalue weighted by Gasteiger charge is -2.35. The fourth-order valence-corrected chi connectivity index (χ4v) is 2.92. The van der Waals surface area contributed by atoms with Gasteiger partial charge in [0.05, 0.1) is 11.7 Å². The monoisotopic (exact) mass is 282 g/mol. The van der Waals surface area contributed by atoms with Crippen molar-refractivity contribution in [2.45, 2.75) is 19.9 Å². The van der Waals surface area contributed by atoms with Crippen molar-refractivity contribution in [2.24, 2.45) is 0 Å². The van der Waals surface area contributed by atoms with Crippen LogP contribution < -0.4 is 5.32 Å². The molecular weight excluding hydrogens is 260 g/mol. The number of rotatable bonds is 3. The van der Waals surface area contributed by atoms with Gasteiger partial charge in [0, 0.05) is 44.8 Å². The van der Waals surface area contributed by atoms with Gasteiger partial charge >= 0.3 is 0 Å². The molecule has 2 aromatic rings. The lowest BCUT2D eigenvalue weighted by atomic mass is 9.97. The predicted molar refractivity (Wildman–Crippen MR) is 84.2 cm³/mol. The van der Waals surface area contributed by atoms with E-state index in [2.05, 4.69) is 52.2 Å². The molecule has 1 saturated heterocycles. The molecule has 1 N–H and O–H groups in total. The fraction of sp³-hybridized carbons (Fsp3) is 0.412. The van der Waals surface area contributed by atoms with Crippen LogP contribution in [0.5, 0.6) is 0 Å². The summed E-state index contributed by atoms with van der Waals surface area (Å²) in [6.45, 7) is 8.36. The molecule has 1 aliphatic rings. The minimum absolute atomic E-state index is 0.218. The quantitative estimate of drug-likeness (QED) is 0.936. The van der Waals surface area contributed by atoms with Gasteiger partial charge in [-0.2, -0.15) is 0 Å². The lowest BCUT2D eigenvalue weighted by molar-refractivity contribution is 0.195. The van der Waals surface area contributed by atoms with E-state index in [-0.39, 0.29) is 6.04 Å². The molecule has 110 valence electrons. The molecule has 0 radical (unpaired) electrons. The molecule has 4 heteroatoms. The standard InChI is InChI=1S/C17H22N4/c1-13-3-4-16(20-11-13)17(21-9-7-18-8-10-21)15-5-6-19-12-14(15)2/h3-6,11-12,17-18H,7-10H2,1-2H3. The highest BCUT2D eigenvalue weighted by Gasteiger charge is 2.26. The van der Waals surface area contributed by atoms with Crippen molar-refractivity contribution in [2.75, 3.05) is 26.2 Å². The minimum atomic E-state index is 0.218. The van der Waals surface area contributed by atoms with Gasteiger partial charge in [0.25, 0.3) is 0 Å². The summed E-state index contributed by atoms with van der Waals surface area (Å²) in [6, 6.07) is 6.65. The van der Waals surface area contributed by atoms with Crippen molar-refractivity contribution < 1.29 is 0 Å². The molecule has 21 heavy (non-hydrogen) atoms. The van der Waals surface area contributed by atoms with E-state index in [0.29, 0.717) is 0 Å². The first-order chi connectivity index (χ1) is 10.3. The summed E-state index contributed by atoms with van der Waals surface area (Å²) in [5.74, 6) is 0. The first-order valence-corrected chi connectivity index (χ1v) is 7.53. The van der Waals surface area contributed by atoms with Crippen LogP contribution in [0.4, 0.5) is 0 Å². The van der Waals surface area contributed by atoms with Gasteiger partial charge in [-0.3, -0.25) is 14.9 Å². The number of nitrogens with zero attached hydrogens (tertiary/aromatic N) is 3. The summed E-state index contributed by atoms with van der Waals surface area (Å²) < 4.78 is 0. The summed E-state index contributed by atoms with van der Waals surface area (Å²) in [4.78, 5) is 11.4. The third-order valence-corrected chi connectivity index (χ3v) is 4.09. The Morgan fingerprint density at radius 1 is 1.10 bits per heavy atom. The molecule has 3 rings (SSSR count). The molecule has 4 nitrogen and oxygen atoms in total. The highest BCUT2D eigenvalue weighted by atomic mass is 15.2. The maximum atomic E-state index is 4.69. The van der Waals surface area contributed by atoms with Gasteiger partial charge in [0.1, 0.15) is 0 Å². The smallest absolute Gasteiger partial charge is 0.0780 e. The van der Waals surface area contributed by atoms with Gasteiger partial charge in [-0.15, -0.1) is 0 Å². The van der Waals surface area contributed by atoms with Crippen molar-refractivity contribution in [3.8, 4) is 0 Å². The van der Waals surface area contributed by atoms with Crippen LogP contribution in [0.3, 0.4) is 0 Å². The Balaban J connectivity index is 2.01. The highest BCUT2D eigenvalue weighted by Crippen LogP contribution is 2.29. The number of aryl methyl sites for hydroxylation is 2. The van der Waals surface area contributed by atoms with E-state index in [0.717, 1.165) is 31.9 Å². The molecule has 0 spiro atoms. The van der Waals surface area contributed by atoms with Crippen molar-refractivity contribution in [1.82, 2.24) is 20.2 Å². The Kier molecular flexibility index (Phi) is 4.27.